The number of rotatable bonds is 5. The van der Waals surface area contributed by atoms with Crippen molar-refractivity contribution in [3.05, 3.63) is 64.8 Å². The standard InChI is InChI=1S/C22H22ClN3O3/c1-14(29-18-8-6-17(28-2)7-9-18)22(27)26-11-10-20-19(13-26)21(25-24-20)15-4-3-5-16(23)12-15/h3-9,12,14H,10-11,13H2,1-2H3,(H,24,25). The number of H-pyrrole nitrogens is 1. The van der Waals surface area contributed by atoms with Crippen molar-refractivity contribution in [2.75, 3.05) is 13.7 Å². The number of hydrogen-bond donors (Lipinski definition) is 1. The Balaban J connectivity index is 1.48. The summed E-state index contributed by atoms with van der Waals surface area (Å²) in [5.74, 6) is 1.32. The van der Waals surface area contributed by atoms with Crippen LogP contribution in [0.4, 0.5) is 0 Å². The van der Waals surface area contributed by atoms with Crippen molar-refractivity contribution in [1.29, 1.82) is 0 Å². The van der Waals surface area contributed by atoms with E-state index in [1.807, 2.05) is 41.3 Å². The molecule has 1 unspecified atom stereocenters. The monoisotopic (exact) mass is 411 g/mol. The summed E-state index contributed by atoms with van der Waals surface area (Å²) in [7, 11) is 1.61. The minimum atomic E-state index is -0.591. The molecule has 1 N–H and O–H groups in total. The molecular formula is C22H22ClN3O3. The van der Waals surface area contributed by atoms with E-state index in [1.165, 1.54) is 0 Å². The second-order valence-electron chi connectivity index (χ2n) is 6.99. The number of aromatic nitrogens is 2. The summed E-state index contributed by atoms with van der Waals surface area (Å²) in [6.45, 7) is 2.89. The lowest BCUT2D eigenvalue weighted by Gasteiger charge is -2.29. The number of amides is 1. The van der Waals surface area contributed by atoms with E-state index < -0.39 is 6.10 Å². The Labute approximate surface area is 174 Å². The van der Waals surface area contributed by atoms with Crippen molar-refractivity contribution in [1.82, 2.24) is 15.1 Å². The van der Waals surface area contributed by atoms with Gasteiger partial charge in [0.05, 0.1) is 12.8 Å². The number of aromatic amines is 1. The smallest absolute Gasteiger partial charge is 0.263 e. The Kier molecular flexibility index (Phi) is 5.45. The normalized spacial score (nSPS) is 14.2. The van der Waals surface area contributed by atoms with Crippen LogP contribution in [0.5, 0.6) is 11.5 Å². The van der Waals surface area contributed by atoms with Crippen molar-refractivity contribution in [2.45, 2.75) is 26.0 Å². The maximum absolute atomic E-state index is 13.0. The van der Waals surface area contributed by atoms with E-state index in [4.69, 9.17) is 21.1 Å². The van der Waals surface area contributed by atoms with E-state index in [2.05, 4.69) is 10.2 Å². The summed E-state index contributed by atoms with van der Waals surface area (Å²) in [5.41, 5.74) is 3.87. The van der Waals surface area contributed by atoms with E-state index in [1.54, 1.807) is 26.2 Å². The number of ether oxygens (including phenoxy) is 2. The average Bonchev–Trinajstić information content (AvgIpc) is 3.17. The minimum Gasteiger partial charge on any atom is -0.497 e. The number of fused-ring (bicyclic) bond motifs is 1. The highest BCUT2D eigenvalue weighted by Gasteiger charge is 2.29. The Bertz CT molecular complexity index is 1020. The van der Waals surface area contributed by atoms with Crippen LogP contribution in [-0.2, 0) is 17.8 Å². The van der Waals surface area contributed by atoms with Gasteiger partial charge in [0.2, 0.25) is 0 Å². The summed E-state index contributed by atoms with van der Waals surface area (Å²) in [6.07, 6.45) is 0.135. The van der Waals surface area contributed by atoms with Crippen LogP contribution in [0.25, 0.3) is 11.3 Å². The molecule has 2 heterocycles. The Hall–Kier alpha value is -2.99. The lowest BCUT2D eigenvalue weighted by atomic mass is 10.0. The third kappa shape index (κ3) is 4.07. The summed E-state index contributed by atoms with van der Waals surface area (Å²) >= 11 is 6.13. The summed E-state index contributed by atoms with van der Waals surface area (Å²) in [5, 5.41) is 8.23. The van der Waals surface area contributed by atoms with Gasteiger partial charge in [0, 0.05) is 41.4 Å². The Morgan fingerprint density at radius 3 is 2.69 bits per heavy atom. The molecule has 0 spiro atoms. The van der Waals surface area contributed by atoms with Gasteiger partial charge in [0.25, 0.3) is 5.91 Å². The summed E-state index contributed by atoms with van der Waals surface area (Å²) < 4.78 is 11.0. The molecular weight excluding hydrogens is 390 g/mol. The highest BCUT2D eigenvalue weighted by molar-refractivity contribution is 6.30. The van der Waals surface area contributed by atoms with Crippen molar-refractivity contribution < 1.29 is 14.3 Å². The number of hydrogen-bond acceptors (Lipinski definition) is 4. The molecule has 0 fully saturated rings. The number of nitrogens with zero attached hydrogens (tertiary/aromatic N) is 2. The van der Waals surface area contributed by atoms with Gasteiger partial charge in [-0.3, -0.25) is 9.89 Å². The Morgan fingerprint density at radius 2 is 1.97 bits per heavy atom. The van der Waals surface area contributed by atoms with Gasteiger partial charge >= 0.3 is 0 Å². The highest BCUT2D eigenvalue weighted by atomic mass is 35.5. The molecule has 0 bridgehead atoms. The van der Waals surface area contributed by atoms with Crippen LogP contribution >= 0.6 is 11.6 Å². The second kappa shape index (κ2) is 8.17. The minimum absolute atomic E-state index is 0.0512. The first-order chi connectivity index (χ1) is 14.0. The molecule has 6 nitrogen and oxygen atoms in total. The lowest BCUT2D eigenvalue weighted by molar-refractivity contribution is -0.138. The van der Waals surface area contributed by atoms with Crippen LogP contribution in [0.2, 0.25) is 5.02 Å². The van der Waals surface area contributed by atoms with Crippen LogP contribution in [0.3, 0.4) is 0 Å². The predicted octanol–water partition coefficient (Wildman–Crippen LogP) is 4.09. The van der Waals surface area contributed by atoms with Crippen LogP contribution in [0.1, 0.15) is 18.2 Å². The fourth-order valence-corrected chi connectivity index (χ4v) is 3.71. The number of nitrogens with one attached hydrogen (secondary N) is 1. The maximum atomic E-state index is 13.0. The summed E-state index contributed by atoms with van der Waals surface area (Å²) in [4.78, 5) is 14.8. The van der Waals surface area contributed by atoms with Gasteiger partial charge in [-0.25, -0.2) is 0 Å². The van der Waals surface area contributed by atoms with E-state index in [-0.39, 0.29) is 5.91 Å². The van der Waals surface area contributed by atoms with Crippen LogP contribution < -0.4 is 9.47 Å². The van der Waals surface area contributed by atoms with Gasteiger partial charge in [-0.2, -0.15) is 5.10 Å². The van der Waals surface area contributed by atoms with Gasteiger partial charge in [0.15, 0.2) is 6.10 Å². The number of carbonyl (C=O) groups excluding carboxylic acids is 1. The Morgan fingerprint density at radius 1 is 1.21 bits per heavy atom. The largest absolute Gasteiger partial charge is 0.497 e. The molecule has 7 heteroatoms. The molecule has 29 heavy (non-hydrogen) atoms. The quantitative estimate of drug-likeness (QED) is 0.686. The van der Waals surface area contributed by atoms with E-state index in [9.17, 15) is 4.79 Å². The van der Waals surface area contributed by atoms with Crippen molar-refractivity contribution in [3.8, 4) is 22.8 Å². The lowest BCUT2D eigenvalue weighted by Crippen LogP contribution is -2.43. The molecule has 0 radical (unpaired) electrons. The first-order valence-electron chi connectivity index (χ1n) is 9.46. The molecule has 0 saturated carbocycles. The first kappa shape index (κ1) is 19.3. The average molecular weight is 412 g/mol. The topological polar surface area (TPSA) is 67.5 Å². The number of carbonyl (C=O) groups is 1. The number of halogens is 1. The summed E-state index contributed by atoms with van der Waals surface area (Å²) in [6, 6.07) is 14.8. The van der Waals surface area contributed by atoms with Crippen LogP contribution in [0, 0.1) is 0 Å². The van der Waals surface area contributed by atoms with Crippen molar-refractivity contribution in [3.63, 3.8) is 0 Å². The van der Waals surface area contributed by atoms with Gasteiger partial charge in [-0.1, -0.05) is 23.7 Å². The van der Waals surface area contributed by atoms with E-state index in [0.29, 0.717) is 23.9 Å². The molecule has 3 aromatic rings. The maximum Gasteiger partial charge on any atom is 0.263 e. The molecule has 1 amide bonds. The fourth-order valence-electron chi connectivity index (χ4n) is 3.52. The van der Waals surface area contributed by atoms with Crippen LogP contribution in [0.15, 0.2) is 48.5 Å². The van der Waals surface area contributed by atoms with Crippen molar-refractivity contribution >= 4 is 17.5 Å². The zero-order chi connectivity index (χ0) is 20.4. The molecule has 0 saturated heterocycles. The number of methoxy groups -OCH3 is 1. The van der Waals surface area contributed by atoms with Crippen molar-refractivity contribution in [2.24, 2.45) is 0 Å². The molecule has 2 aromatic carbocycles. The third-order valence-corrected chi connectivity index (χ3v) is 5.30. The molecule has 1 aliphatic rings. The zero-order valence-corrected chi connectivity index (χ0v) is 17.1. The second-order valence-corrected chi connectivity index (χ2v) is 7.42. The molecule has 1 atom stereocenters. The van der Waals surface area contributed by atoms with Gasteiger partial charge in [-0.15, -0.1) is 0 Å². The van der Waals surface area contributed by atoms with Gasteiger partial charge in [0.1, 0.15) is 11.5 Å². The molecule has 150 valence electrons. The molecule has 1 aromatic heterocycles. The number of benzene rings is 2. The molecule has 0 aliphatic carbocycles. The molecule has 4 rings (SSSR count). The fraction of sp³-hybridized carbons (Fsp3) is 0.273. The zero-order valence-electron chi connectivity index (χ0n) is 16.3. The highest BCUT2D eigenvalue weighted by Crippen LogP contribution is 2.30. The van der Waals surface area contributed by atoms with Gasteiger partial charge < -0.3 is 14.4 Å². The van der Waals surface area contributed by atoms with E-state index in [0.717, 1.165) is 34.7 Å². The third-order valence-electron chi connectivity index (χ3n) is 5.06. The predicted molar refractivity (Wildman–Crippen MR) is 111 cm³/mol. The molecule has 1 aliphatic heterocycles. The van der Waals surface area contributed by atoms with Gasteiger partial charge in [-0.05, 0) is 43.3 Å². The first-order valence-corrected chi connectivity index (χ1v) is 9.84. The van der Waals surface area contributed by atoms with Crippen LogP contribution in [-0.4, -0.2) is 40.8 Å². The SMILES string of the molecule is COc1ccc(OC(C)C(=O)N2CCc3[nH]nc(-c4cccc(Cl)c4)c3C2)cc1. The van der Waals surface area contributed by atoms with E-state index >= 15 is 0 Å².